The first-order valence-electron chi connectivity index (χ1n) is 7.14. The normalized spacial score (nSPS) is 17.5. The van der Waals surface area contributed by atoms with Gasteiger partial charge in [0, 0.05) is 15.3 Å². The Labute approximate surface area is 132 Å². The van der Waals surface area contributed by atoms with Crippen molar-refractivity contribution in [2.75, 3.05) is 5.75 Å². The first-order chi connectivity index (χ1) is 10.2. The third kappa shape index (κ3) is 2.99. The fraction of sp³-hybridized carbons (Fsp3) is 0.375. The summed E-state index contributed by atoms with van der Waals surface area (Å²) in [4.78, 5) is 18.4. The van der Waals surface area contributed by atoms with Gasteiger partial charge in [-0.2, -0.15) is 0 Å². The van der Waals surface area contributed by atoms with Crippen LogP contribution in [-0.4, -0.2) is 21.8 Å². The Morgan fingerprint density at radius 1 is 1.43 bits per heavy atom. The Balaban J connectivity index is 1.91. The summed E-state index contributed by atoms with van der Waals surface area (Å²) < 4.78 is 0. The standard InChI is InChI=1S/C16H17NO2S2/c1-2-20-11-8-6-10(7-9-11)15-17-14-12(16(18)19)4-3-5-13(14)21-15/h6-9,12H,2-5H2,1H3,(H,18,19). The maximum Gasteiger partial charge on any atom is 0.312 e. The van der Waals surface area contributed by atoms with E-state index < -0.39 is 11.9 Å². The van der Waals surface area contributed by atoms with E-state index >= 15 is 0 Å². The third-order valence-electron chi connectivity index (χ3n) is 3.66. The van der Waals surface area contributed by atoms with Gasteiger partial charge in [0.25, 0.3) is 0 Å². The second-order valence-electron chi connectivity index (χ2n) is 5.07. The van der Waals surface area contributed by atoms with Crippen LogP contribution < -0.4 is 0 Å². The van der Waals surface area contributed by atoms with E-state index in [-0.39, 0.29) is 0 Å². The van der Waals surface area contributed by atoms with Crippen LogP contribution in [0.3, 0.4) is 0 Å². The molecular formula is C16H17NO2S2. The molecule has 5 heteroatoms. The maximum atomic E-state index is 11.3. The molecule has 1 unspecified atom stereocenters. The van der Waals surface area contributed by atoms with Crippen molar-refractivity contribution in [3.63, 3.8) is 0 Å². The number of benzene rings is 1. The van der Waals surface area contributed by atoms with Gasteiger partial charge in [0.05, 0.1) is 11.6 Å². The molecule has 1 aromatic carbocycles. The summed E-state index contributed by atoms with van der Waals surface area (Å²) in [6, 6.07) is 8.38. The van der Waals surface area contributed by atoms with Crippen molar-refractivity contribution in [2.45, 2.75) is 37.0 Å². The van der Waals surface area contributed by atoms with E-state index in [4.69, 9.17) is 0 Å². The number of carbonyl (C=O) groups is 1. The van der Waals surface area contributed by atoms with E-state index in [0.717, 1.165) is 39.7 Å². The molecule has 1 atom stereocenters. The number of aryl methyl sites for hydroxylation is 1. The lowest BCUT2D eigenvalue weighted by atomic mass is 9.91. The molecule has 0 saturated carbocycles. The predicted octanol–water partition coefficient (Wildman–Crippen LogP) is 4.43. The Morgan fingerprint density at radius 3 is 2.86 bits per heavy atom. The number of thiazole rings is 1. The number of rotatable bonds is 4. The zero-order valence-corrected chi connectivity index (χ0v) is 13.5. The Kier molecular flexibility index (Phi) is 4.31. The van der Waals surface area contributed by atoms with E-state index in [9.17, 15) is 9.90 Å². The van der Waals surface area contributed by atoms with Crippen LogP contribution in [-0.2, 0) is 11.2 Å². The topological polar surface area (TPSA) is 50.2 Å². The van der Waals surface area contributed by atoms with Crippen molar-refractivity contribution >= 4 is 29.1 Å². The Hall–Kier alpha value is -1.33. The van der Waals surface area contributed by atoms with Crippen molar-refractivity contribution in [1.82, 2.24) is 4.98 Å². The number of aliphatic carboxylic acids is 1. The smallest absolute Gasteiger partial charge is 0.312 e. The number of carboxylic acids is 1. The van der Waals surface area contributed by atoms with Crippen molar-refractivity contribution < 1.29 is 9.90 Å². The van der Waals surface area contributed by atoms with E-state index in [1.165, 1.54) is 4.90 Å². The summed E-state index contributed by atoms with van der Waals surface area (Å²) in [5, 5.41) is 10.3. The highest BCUT2D eigenvalue weighted by Gasteiger charge is 2.30. The van der Waals surface area contributed by atoms with Gasteiger partial charge in [-0.05, 0) is 37.1 Å². The summed E-state index contributed by atoms with van der Waals surface area (Å²) in [5.74, 6) is -0.110. The molecule has 1 heterocycles. The van der Waals surface area contributed by atoms with Crippen molar-refractivity contribution in [1.29, 1.82) is 0 Å². The summed E-state index contributed by atoms with van der Waals surface area (Å²) >= 11 is 3.46. The summed E-state index contributed by atoms with van der Waals surface area (Å²) in [6.07, 6.45) is 2.61. The fourth-order valence-corrected chi connectivity index (χ4v) is 4.47. The average molecular weight is 319 g/mol. The zero-order valence-electron chi connectivity index (χ0n) is 11.8. The summed E-state index contributed by atoms with van der Waals surface area (Å²) in [5.41, 5.74) is 1.87. The molecule has 0 fully saturated rings. The predicted molar refractivity (Wildman–Crippen MR) is 87.3 cm³/mol. The van der Waals surface area contributed by atoms with Crippen molar-refractivity contribution in [3.8, 4) is 10.6 Å². The van der Waals surface area contributed by atoms with Crippen LogP contribution in [0.25, 0.3) is 10.6 Å². The first kappa shape index (κ1) is 14.6. The molecule has 0 saturated heterocycles. The van der Waals surface area contributed by atoms with Crippen molar-refractivity contribution in [3.05, 3.63) is 34.8 Å². The minimum absolute atomic E-state index is 0.423. The van der Waals surface area contributed by atoms with Crippen LogP contribution in [0, 0.1) is 0 Å². The zero-order chi connectivity index (χ0) is 14.8. The number of carboxylic acid groups (broad SMARTS) is 1. The molecule has 1 aromatic heterocycles. The highest BCUT2D eigenvalue weighted by Crippen LogP contribution is 2.38. The molecule has 1 aliphatic carbocycles. The molecule has 1 N–H and O–H groups in total. The van der Waals surface area contributed by atoms with E-state index in [1.807, 2.05) is 11.8 Å². The van der Waals surface area contributed by atoms with Crippen LogP contribution in [0.15, 0.2) is 29.2 Å². The molecule has 21 heavy (non-hydrogen) atoms. The van der Waals surface area contributed by atoms with Gasteiger partial charge in [-0.3, -0.25) is 4.79 Å². The van der Waals surface area contributed by atoms with E-state index in [2.05, 4.69) is 36.2 Å². The number of hydrogen-bond acceptors (Lipinski definition) is 4. The minimum Gasteiger partial charge on any atom is -0.481 e. The number of thioether (sulfide) groups is 1. The molecule has 0 amide bonds. The van der Waals surface area contributed by atoms with Crippen LogP contribution >= 0.6 is 23.1 Å². The average Bonchev–Trinajstić information content (AvgIpc) is 2.92. The molecule has 110 valence electrons. The largest absolute Gasteiger partial charge is 0.481 e. The lowest BCUT2D eigenvalue weighted by Crippen LogP contribution is -2.17. The van der Waals surface area contributed by atoms with Gasteiger partial charge in [0.15, 0.2) is 0 Å². The van der Waals surface area contributed by atoms with Crippen LogP contribution in [0.1, 0.15) is 36.3 Å². The van der Waals surface area contributed by atoms with Crippen LogP contribution in [0.2, 0.25) is 0 Å². The first-order valence-corrected chi connectivity index (χ1v) is 8.95. The molecule has 0 radical (unpaired) electrons. The highest BCUT2D eigenvalue weighted by molar-refractivity contribution is 7.99. The van der Waals surface area contributed by atoms with Gasteiger partial charge in [0.2, 0.25) is 0 Å². The highest BCUT2D eigenvalue weighted by atomic mass is 32.2. The maximum absolute atomic E-state index is 11.3. The summed E-state index contributed by atoms with van der Waals surface area (Å²) in [7, 11) is 0. The van der Waals surface area contributed by atoms with Gasteiger partial charge >= 0.3 is 5.97 Å². The van der Waals surface area contributed by atoms with E-state index in [1.54, 1.807) is 11.3 Å². The second-order valence-corrected chi connectivity index (χ2v) is 7.49. The molecule has 0 bridgehead atoms. The molecule has 3 rings (SSSR count). The Bertz CT molecular complexity index is 649. The van der Waals surface area contributed by atoms with Crippen molar-refractivity contribution in [2.24, 2.45) is 0 Å². The number of hydrogen-bond donors (Lipinski definition) is 1. The van der Waals surface area contributed by atoms with Crippen LogP contribution in [0.5, 0.6) is 0 Å². The monoisotopic (exact) mass is 319 g/mol. The lowest BCUT2D eigenvalue weighted by molar-refractivity contribution is -0.139. The van der Waals surface area contributed by atoms with Gasteiger partial charge in [-0.25, -0.2) is 4.98 Å². The van der Waals surface area contributed by atoms with Gasteiger partial charge < -0.3 is 5.11 Å². The summed E-state index contributed by atoms with van der Waals surface area (Å²) in [6.45, 7) is 2.14. The van der Waals surface area contributed by atoms with Crippen LogP contribution in [0.4, 0.5) is 0 Å². The molecule has 2 aromatic rings. The fourth-order valence-electron chi connectivity index (χ4n) is 2.64. The lowest BCUT2D eigenvalue weighted by Gasteiger charge is -2.16. The Morgan fingerprint density at radius 2 is 2.19 bits per heavy atom. The van der Waals surface area contributed by atoms with Gasteiger partial charge in [-0.15, -0.1) is 23.1 Å². The molecule has 3 nitrogen and oxygen atoms in total. The molecule has 0 aliphatic heterocycles. The SMILES string of the molecule is CCSc1ccc(-c2nc3c(s2)CCCC3C(=O)O)cc1. The number of aromatic nitrogens is 1. The minimum atomic E-state index is -0.748. The number of fused-ring (bicyclic) bond motifs is 1. The molecular weight excluding hydrogens is 302 g/mol. The number of nitrogens with zero attached hydrogens (tertiary/aromatic N) is 1. The van der Waals surface area contributed by atoms with E-state index in [0.29, 0.717) is 6.42 Å². The quantitative estimate of drug-likeness (QED) is 0.847. The van der Waals surface area contributed by atoms with Gasteiger partial charge in [-0.1, -0.05) is 19.1 Å². The second kappa shape index (κ2) is 6.20. The molecule has 0 spiro atoms. The third-order valence-corrected chi connectivity index (χ3v) is 5.74. The van der Waals surface area contributed by atoms with Gasteiger partial charge in [0.1, 0.15) is 5.01 Å². The molecule has 1 aliphatic rings.